The topological polar surface area (TPSA) is 249 Å². The fourth-order valence-electron chi connectivity index (χ4n) is 3.79. The Kier molecular flexibility index (Phi) is 11.9. The lowest BCUT2D eigenvalue weighted by Gasteiger charge is -2.29. The molecule has 1 rings (SSSR count). The lowest BCUT2D eigenvalue weighted by molar-refractivity contribution is -0.149. The molecule has 14 nitrogen and oxygen atoms in total. The first-order chi connectivity index (χ1) is 16.3. The van der Waals surface area contributed by atoms with Crippen LogP contribution in [0.1, 0.15) is 52.4 Å². The highest BCUT2D eigenvalue weighted by molar-refractivity contribution is 5.96. The van der Waals surface area contributed by atoms with Crippen molar-refractivity contribution in [2.75, 3.05) is 13.1 Å². The second-order valence-corrected chi connectivity index (χ2v) is 9.01. The van der Waals surface area contributed by atoms with Crippen molar-refractivity contribution in [3.05, 3.63) is 0 Å². The minimum Gasteiger partial charge on any atom is -0.480 e. The third kappa shape index (κ3) is 10.2. The van der Waals surface area contributed by atoms with Crippen molar-refractivity contribution >= 4 is 35.6 Å². The number of carbonyl (C=O) groups excluding carboxylic acids is 4. The molecule has 1 aliphatic rings. The normalized spacial score (nSPS) is 17.8. The highest BCUT2D eigenvalue weighted by Gasteiger charge is 2.39. The van der Waals surface area contributed by atoms with Crippen molar-refractivity contribution in [3.8, 4) is 0 Å². The number of nitrogens with one attached hydrogen (secondary N) is 2. The van der Waals surface area contributed by atoms with Gasteiger partial charge in [-0.3, -0.25) is 24.2 Å². The molecule has 4 amide bonds. The third-order valence-electron chi connectivity index (χ3n) is 5.49. The number of carbonyl (C=O) groups is 5. The first kappa shape index (κ1) is 29.6. The largest absolute Gasteiger partial charge is 0.480 e. The number of likely N-dealkylation sites (tertiary alicyclic amines) is 1. The number of nitrogens with two attached hydrogens (primary N) is 4. The summed E-state index contributed by atoms with van der Waals surface area (Å²) < 4.78 is 0. The zero-order valence-corrected chi connectivity index (χ0v) is 20.2. The number of primary amides is 1. The molecule has 0 spiro atoms. The van der Waals surface area contributed by atoms with Crippen molar-refractivity contribution in [2.45, 2.75) is 76.5 Å². The molecule has 1 heterocycles. The van der Waals surface area contributed by atoms with Crippen molar-refractivity contribution in [2.24, 2.45) is 33.8 Å². The minimum absolute atomic E-state index is 0.00981. The van der Waals surface area contributed by atoms with Crippen LogP contribution in [0.2, 0.25) is 0 Å². The van der Waals surface area contributed by atoms with E-state index in [-0.39, 0.29) is 37.7 Å². The fourth-order valence-corrected chi connectivity index (χ4v) is 3.79. The average molecular weight is 499 g/mol. The molecule has 0 aliphatic carbocycles. The van der Waals surface area contributed by atoms with Gasteiger partial charge in [0.2, 0.25) is 23.6 Å². The van der Waals surface area contributed by atoms with Gasteiger partial charge in [-0.2, -0.15) is 0 Å². The quantitative estimate of drug-likeness (QED) is 0.0748. The Morgan fingerprint density at radius 1 is 1.06 bits per heavy atom. The molecule has 0 bridgehead atoms. The van der Waals surface area contributed by atoms with E-state index in [1.165, 1.54) is 0 Å². The number of hydrogen-bond donors (Lipinski definition) is 7. The summed E-state index contributed by atoms with van der Waals surface area (Å²) in [6.07, 6.45) is 1.19. The van der Waals surface area contributed by atoms with Gasteiger partial charge in [-0.05, 0) is 38.0 Å². The van der Waals surface area contributed by atoms with Crippen LogP contribution in [0.5, 0.6) is 0 Å². The molecule has 1 fully saturated rings. The van der Waals surface area contributed by atoms with E-state index in [2.05, 4.69) is 15.6 Å². The summed E-state index contributed by atoms with van der Waals surface area (Å²) in [6, 6.07) is -4.36. The molecule has 1 saturated heterocycles. The van der Waals surface area contributed by atoms with E-state index in [1.807, 2.05) is 13.8 Å². The van der Waals surface area contributed by atoms with Gasteiger partial charge < -0.3 is 43.6 Å². The molecule has 0 aromatic carbocycles. The second-order valence-electron chi connectivity index (χ2n) is 9.01. The summed E-state index contributed by atoms with van der Waals surface area (Å²) in [5.74, 6) is -4.08. The van der Waals surface area contributed by atoms with Crippen molar-refractivity contribution < 1.29 is 29.1 Å². The van der Waals surface area contributed by atoms with Gasteiger partial charge in [0.25, 0.3) is 0 Å². The van der Waals surface area contributed by atoms with Gasteiger partial charge >= 0.3 is 5.97 Å². The van der Waals surface area contributed by atoms with E-state index in [9.17, 15) is 29.1 Å². The molecule has 0 aromatic rings. The van der Waals surface area contributed by atoms with Crippen LogP contribution in [0.3, 0.4) is 0 Å². The average Bonchev–Trinajstić information content (AvgIpc) is 3.24. The van der Waals surface area contributed by atoms with Crippen LogP contribution in [0.15, 0.2) is 4.99 Å². The first-order valence-corrected chi connectivity index (χ1v) is 11.6. The van der Waals surface area contributed by atoms with Crippen molar-refractivity contribution in [3.63, 3.8) is 0 Å². The summed E-state index contributed by atoms with van der Waals surface area (Å²) in [4.78, 5) is 66.6. The van der Waals surface area contributed by atoms with Crippen molar-refractivity contribution in [1.82, 2.24) is 15.5 Å². The number of aliphatic imine (C=N–C) groups is 1. The Morgan fingerprint density at radius 3 is 2.23 bits per heavy atom. The van der Waals surface area contributed by atoms with E-state index in [4.69, 9.17) is 22.9 Å². The van der Waals surface area contributed by atoms with Gasteiger partial charge in [0, 0.05) is 13.1 Å². The van der Waals surface area contributed by atoms with E-state index in [1.54, 1.807) is 0 Å². The Labute approximate surface area is 204 Å². The first-order valence-electron chi connectivity index (χ1n) is 11.6. The van der Waals surface area contributed by atoms with Gasteiger partial charge in [0.05, 0.1) is 12.5 Å². The maximum atomic E-state index is 13.0. The number of nitrogens with zero attached hydrogens (tertiary/aromatic N) is 2. The predicted octanol–water partition coefficient (Wildman–Crippen LogP) is -2.67. The Morgan fingerprint density at radius 2 is 1.69 bits per heavy atom. The van der Waals surface area contributed by atoms with Crippen LogP contribution >= 0.6 is 0 Å². The molecular formula is C21H38N8O6. The number of amides is 4. The Balaban J connectivity index is 2.91. The van der Waals surface area contributed by atoms with Gasteiger partial charge in [-0.25, -0.2) is 4.79 Å². The van der Waals surface area contributed by atoms with E-state index < -0.39 is 60.2 Å². The minimum atomic E-state index is -1.36. The van der Waals surface area contributed by atoms with Crippen LogP contribution < -0.4 is 33.6 Å². The molecular weight excluding hydrogens is 460 g/mol. The van der Waals surface area contributed by atoms with E-state index in [0.29, 0.717) is 19.4 Å². The number of hydrogen-bond acceptors (Lipinski definition) is 7. The molecule has 0 saturated carbocycles. The molecule has 4 unspecified atom stereocenters. The SMILES string of the molecule is CC(C)CC(NC(=O)C(N)CCCN=C(N)N)C(=O)NC(CC(N)=O)C(=O)N1CCCC1C(=O)O. The Bertz CT molecular complexity index is 814. The molecule has 1 aliphatic heterocycles. The third-order valence-corrected chi connectivity index (χ3v) is 5.49. The smallest absolute Gasteiger partial charge is 0.326 e. The second kappa shape index (κ2) is 14.1. The number of carboxylic acids is 1. The summed E-state index contributed by atoms with van der Waals surface area (Å²) >= 11 is 0. The Hall–Kier alpha value is -3.42. The zero-order chi connectivity index (χ0) is 26.7. The van der Waals surface area contributed by atoms with E-state index >= 15 is 0 Å². The lowest BCUT2D eigenvalue weighted by Crippen LogP contribution is -2.58. The van der Waals surface area contributed by atoms with Gasteiger partial charge in [-0.15, -0.1) is 0 Å². The van der Waals surface area contributed by atoms with Crippen LogP contribution in [0, 0.1) is 5.92 Å². The molecule has 14 heteroatoms. The number of rotatable bonds is 14. The highest BCUT2D eigenvalue weighted by atomic mass is 16.4. The zero-order valence-electron chi connectivity index (χ0n) is 20.2. The molecule has 4 atom stereocenters. The van der Waals surface area contributed by atoms with E-state index in [0.717, 1.165) is 4.90 Å². The summed E-state index contributed by atoms with van der Waals surface area (Å²) in [6.45, 7) is 4.16. The number of aliphatic carboxylic acids is 1. The maximum Gasteiger partial charge on any atom is 0.326 e. The number of guanidine groups is 1. The monoisotopic (exact) mass is 498 g/mol. The van der Waals surface area contributed by atoms with Crippen LogP contribution in [-0.4, -0.2) is 82.8 Å². The molecule has 35 heavy (non-hydrogen) atoms. The van der Waals surface area contributed by atoms with Crippen LogP contribution in [0.4, 0.5) is 0 Å². The molecule has 0 radical (unpaired) electrons. The number of carboxylic acid groups (broad SMARTS) is 1. The lowest BCUT2D eigenvalue weighted by atomic mass is 10.0. The summed E-state index contributed by atoms with van der Waals surface area (Å²) in [5.41, 5.74) is 21.7. The van der Waals surface area contributed by atoms with Gasteiger partial charge in [0.1, 0.15) is 18.1 Å². The fraction of sp³-hybridized carbons (Fsp3) is 0.714. The van der Waals surface area contributed by atoms with Crippen molar-refractivity contribution in [1.29, 1.82) is 0 Å². The molecule has 0 aromatic heterocycles. The molecule has 11 N–H and O–H groups in total. The van der Waals surface area contributed by atoms with Gasteiger partial charge in [0.15, 0.2) is 5.96 Å². The maximum absolute atomic E-state index is 13.0. The van der Waals surface area contributed by atoms with Gasteiger partial charge in [-0.1, -0.05) is 13.8 Å². The summed E-state index contributed by atoms with van der Waals surface area (Å²) in [7, 11) is 0. The predicted molar refractivity (Wildman–Crippen MR) is 127 cm³/mol. The van der Waals surface area contributed by atoms with Crippen LogP contribution in [-0.2, 0) is 24.0 Å². The highest BCUT2D eigenvalue weighted by Crippen LogP contribution is 2.19. The summed E-state index contributed by atoms with van der Waals surface area (Å²) in [5, 5.41) is 14.4. The standard InChI is InChI=1S/C21H38N8O6/c1-11(2)9-13(27-17(31)12(22)5-3-7-26-21(24)25)18(32)28-14(10-16(23)30)19(33)29-8-4-6-15(29)20(34)35/h11-15H,3-10,22H2,1-2H3,(H2,23,30)(H,27,31)(H,28,32)(H,34,35)(H4,24,25,26). The van der Waals surface area contributed by atoms with Crippen LogP contribution in [0.25, 0.3) is 0 Å². The molecule has 198 valence electrons.